The average molecular weight is 433 g/mol. The lowest BCUT2D eigenvalue weighted by atomic mass is 10.0. The average Bonchev–Trinajstić information content (AvgIpc) is 3.09. The molecule has 2 saturated heterocycles. The molecular formula is C27H36N4O. The van der Waals surface area contributed by atoms with E-state index < -0.39 is 0 Å². The fourth-order valence-corrected chi connectivity index (χ4v) is 5.71. The predicted octanol–water partition coefficient (Wildman–Crippen LogP) is 4.28. The number of rotatable bonds is 5. The number of methoxy groups -OCH3 is 1. The Labute approximate surface area is 192 Å². The van der Waals surface area contributed by atoms with Gasteiger partial charge in [-0.15, -0.1) is 0 Å². The monoisotopic (exact) mass is 432 g/mol. The van der Waals surface area contributed by atoms with Gasteiger partial charge < -0.3 is 14.2 Å². The van der Waals surface area contributed by atoms with Gasteiger partial charge in [0, 0.05) is 69.0 Å². The van der Waals surface area contributed by atoms with Crippen molar-refractivity contribution in [3.63, 3.8) is 0 Å². The number of anilines is 1. The van der Waals surface area contributed by atoms with Gasteiger partial charge in [0.05, 0.1) is 12.8 Å². The highest BCUT2D eigenvalue weighted by Gasteiger charge is 2.29. The van der Waals surface area contributed by atoms with Crippen molar-refractivity contribution in [3.05, 3.63) is 59.8 Å². The van der Waals surface area contributed by atoms with Crippen LogP contribution < -0.4 is 9.64 Å². The van der Waals surface area contributed by atoms with E-state index in [9.17, 15) is 0 Å². The Bertz CT molecular complexity index is 1070. The molecule has 5 rings (SSSR count). The van der Waals surface area contributed by atoms with Gasteiger partial charge in [0.2, 0.25) is 0 Å². The zero-order valence-corrected chi connectivity index (χ0v) is 19.8. The van der Waals surface area contributed by atoms with E-state index in [1.807, 2.05) is 6.07 Å². The van der Waals surface area contributed by atoms with Crippen molar-refractivity contribution in [3.8, 4) is 5.75 Å². The number of hydrogen-bond donors (Lipinski definition) is 0. The second-order valence-corrected chi connectivity index (χ2v) is 9.37. The third-order valence-electron chi connectivity index (χ3n) is 7.65. The lowest BCUT2D eigenvalue weighted by Crippen LogP contribution is -2.55. The normalized spacial score (nSPS) is 20.7. The smallest absolute Gasteiger partial charge is 0.142 e. The number of aromatic nitrogens is 1. The summed E-state index contributed by atoms with van der Waals surface area (Å²) in [5, 5.41) is 1.42. The first-order valence-electron chi connectivity index (χ1n) is 12.0. The van der Waals surface area contributed by atoms with Crippen molar-refractivity contribution in [1.29, 1.82) is 0 Å². The topological polar surface area (TPSA) is 23.9 Å². The van der Waals surface area contributed by atoms with Crippen LogP contribution >= 0.6 is 0 Å². The van der Waals surface area contributed by atoms with E-state index in [0.29, 0.717) is 6.04 Å². The molecule has 2 aliphatic rings. The fourth-order valence-electron chi connectivity index (χ4n) is 5.71. The van der Waals surface area contributed by atoms with Crippen LogP contribution in [0.25, 0.3) is 10.9 Å². The molecule has 0 saturated carbocycles. The molecule has 0 amide bonds. The molecule has 0 spiro atoms. The van der Waals surface area contributed by atoms with E-state index in [1.165, 1.54) is 53.8 Å². The molecule has 1 atom stereocenters. The molecule has 2 aliphatic heterocycles. The van der Waals surface area contributed by atoms with Crippen LogP contribution in [0.5, 0.6) is 5.75 Å². The number of nitrogens with zero attached hydrogens (tertiary/aromatic N) is 4. The molecule has 3 heterocycles. The van der Waals surface area contributed by atoms with Gasteiger partial charge >= 0.3 is 0 Å². The molecular weight excluding hydrogens is 396 g/mol. The Morgan fingerprint density at radius 2 is 1.69 bits per heavy atom. The zero-order chi connectivity index (χ0) is 22.1. The van der Waals surface area contributed by atoms with Gasteiger partial charge in [-0.05, 0) is 50.1 Å². The molecule has 3 aromatic rings. The zero-order valence-electron chi connectivity index (χ0n) is 19.8. The van der Waals surface area contributed by atoms with Crippen LogP contribution in [0.2, 0.25) is 0 Å². The lowest BCUT2D eigenvalue weighted by Gasteiger charge is -2.44. The molecule has 2 fully saturated rings. The molecule has 0 N–H and O–H groups in total. The molecule has 1 aromatic heterocycles. The van der Waals surface area contributed by atoms with Crippen LogP contribution in [0.1, 0.15) is 24.1 Å². The summed E-state index contributed by atoms with van der Waals surface area (Å²) in [6.45, 7) is 10.1. The van der Waals surface area contributed by atoms with E-state index in [2.05, 4.69) is 75.7 Å². The highest BCUT2D eigenvalue weighted by atomic mass is 16.5. The summed E-state index contributed by atoms with van der Waals surface area (Å²) in [4.78, 5) is 7.90. The van der Waals surface area contributed by atoms with Gasteiger partial charge in [-0.25, -0.2) is 0 Å². The van der Waals surface area contributed by atoms with E-state index in [4.69, 9.17) is 4.74 Å². The molecule has 0 radical (unpaired) electrons. The summed E-state index contributed by atoms with van der Waals surface area (Å²) < 4.78 is 7.94. The maximum absolute atomic E-state index is 5.59. The Hall–Kier alpha value is -2.50. The minimum Gasteiger partial charge on any atom is -0.495 e. The maximum Gasteiger partial charge on any atom is 0.142 e. The van der Waals surface area contributed by atoms with Gasteiger partial charge in [0.15, 0.2) is 0 Å². The van der Waals surface area contributed by atoms with Crippen LogP contribution in [-0.4, -0.2) is 66.8 Å². The van der Waals surface area contributed by atoms with Crippen LogP contribution in [0.3, 0.4) is 0 Å². The fraction of sp³-hybridized carbons (Fsp3) is 0.481. The van der Waals surface area contributed by atoms with Crippen molar-refractivity contribution in [2.75, 3.05) is 51.3 Å². The Balaban J connectivity index is 1.23. The molecule has 5 heteroatoms. The molecule has 2 aromatic carbocycles. The summed E-state index contributed by atoms with van der Waals surface area (Å²) in [6.07, 6.45) is 2.61. The summed E-state index contributed by atoms with van der Waals surface area (Å²) >= 11 is 0. The second kappa shape index (κ2) is 9.16. The van der Waals surface area contributed by atoms with Crippen molar-refractivity contribution >= 4 is 16.6 Å². The number of hydrogen-bond acceptors (Lipinski definition) is 4. The SMILES string of the molecule is COc1ccccc1N1CCN(C2CCCN(Cc3c(C)n(C)c4ccccc34)C2)CC1. The number of piperazine rings is 1. The minimum atomic E-state index is 0.666. The molecule has 1 unspecified atom stereocenters. The van der Waals surface area contributed by atoms with E-state index in [-0.39, 0.29) is 0 Å². The van der Waals surface area contributed by atoms with Gasteiger partial charge in [-0.1, -0.05) is 30.3 Å². The third-order valence-corrected chi connectivity index (χ3v) is 7.65. The number of para-hydroxylation sites is 3. The van der Waals surface area contributed by atoms with E-state index in [0.717, 1.165) is 38.5 Å². The highest BCUT2D eigenvalue weighted by molar-refractivity contribution is 5.85. The molecule has 170 valence electrons. The van der Waals surface area contributed by atoms with Crippen molar-refractivity contribution < 1.29 is 4.74 Å². The Kier molecular flexibility index (Phi) is 6.11. The van der Waals surface area contributed by atoms with Gasteiger partial charge in [-0.2, -0.15) is 0 Å². The van der Waals surface area contributed by atoms with Crippen LogP contribution in [0.15, 0.2) is 48.5 Å². The molecule has 5 nitrogen and oxygen atoms in total. The standard InChI is InChI=1S/C27H36N4O/c1-21-24(23-10-4-5-11-25(23)28(21)2)20-29-14-8-9-22(19-29)30-15-17-31(18-16-30)26-12-6-7-13-27(26)32-3/h4-7,10-13,22H,8-9,14-20H2,1-3H3. The summed E-state index contributed by atoms with van der Waals surface area (Å²) in [5.41, 5.74) is 5.48. The maximum atomic E-state index is 5.59. The molecule has 0 bridgehead atoms. The number of benzene rings is 2. The predicted molar refractivity (Wildman–Crippen MR) is 133 cm³/mol. The first kappa shape index (κ1) is 21.4. The Morgan fingerprint density at radius 3 is 2.50 bits per heavy atom. The van der Waals surface area contributed by atoms with E-state index >= 15 is 0 Å². The lowest BCUT2D eigenvalue weighted by molar-refractivity contribution is 0.0888. The molecule has 32 heavy (non-hydrogen) atoms. The minimum absolute atomic E-state index is 0.666. The van der Waals surface area contributed by atoms with Gasteiger partial charge in [0.1, 0.15) is 5.75 Å². The van der Waals surface area contributed by atoms with Crippen LogP contribution in [0.4, 0.5) is 5.69 Å². The Morgan fingerprint density at radius 1 is 0.938 bits per heavy atom. The van der Waals surface area contributed by atoms with Crippen molar-refractivity contribution in [2.45, 2.75) is 32.4 Å². The number of piperidine rings is 1. The van der Waals surface area contributed by atoms with E-state index in [1.54, 1.807) is 7.11 Å². The van der Waals surface area contributed by atoms with Crippen molar-refractivity contribution in [2.24, 2.45) is 7.05 Å². The van der Waals surface area contributed by atoms with Crippen molar-refractivity contribution in [1.82, 2.24) is 14.4 Å². The second-order valence-electron chi connectivity index (χ2n) is 9.37. The highest BCUT2D eigenvalue weighted by Crippen LogP contribution is 2.30. The third kappa shape index (κ3) is 4.00. The molecule has 0 aliphatic carbocycles. The van der Waals surface area contributed by atoms with Gasteiger partial charge in [-0.3, -0.25) is 9.80 Å². The first-order chi connectivity index (χ1) is 15.7. The first-order valence-corrected chi connectivity index (χ1v) is 12.0. The largest absolute Gasteiger partial charge is 0.495 e. The number of ether oxygens (including phenoxy) is 1. The summed E-state index contributed by atoms with van der Waals surface area (Å²) in [5.74, 6) is 0.982. The van der Waals surface area contributed by atoms with Crippen LogP contribution in [0, 0.1) is 6.92 Å². The number of likely N-dealkylation sites (tertiary alicyclic amines) is 1. The summed E-state index contributed by atoms with van der Waals surface area (Å²) in [6, 6.07) is 17.9. The number of aryl methyl sites for hydroxylation is 1. The van der Waals surface area contributed by atoms with Gasteiger partial charge in [0.25, 0.3) is 0 Å². The quantitative estimate of drug-likeness (QED) is 0.600. The summed E-state index contributed by atoms with van der Waals surface area (Å²) in [7, 11) is 3.96. The number of fused-ring (bicyclic) bond motifs is 1. The van der Waals surface area contributed by atoms with Crippen LogP contribution in [-0.2, 0) is 13.6 Å².